The van der Waals surface area contributed by atoms with Gasteiger partial charge in [0, 0.05) is 36.6 Å². The lowest BCUT2D eigenvalue weighted by molar-refractivity contribution is -0.122. The van der Waals surface area contributed by atoms with E-state index in [1.165, 1.54) is 33.4 Å². The Morgan fingerprint density at radius 2 is 1.94 bits per heavy atom. The van der Waals surface area contributed by atoms with Crippen molar-refractivity contribution in [2.24, 2.45) is 0 Å². The van der Waals surface area contributed by atoms with Crippen molar-refractivity contribution in [3.63, 3.8) is 0 Å². The quantitative estimate of drug-likeness (QED) is 0.477. The highest BCUT2D eigenvalue weighted by Crippen LogP contribution is 2.30. The summed E-state index contributed by atoms with van der Waals surface area (Å²) in [7, 11) is 0. The summed E-state index contributed by atoms with van der Waals surface area (Å²) in [6.07, 6.45) is 2.39. The summed E-state index contributed by atoms with van der Waals surface area (Å²) >= 11 is 1.45. The Morgan fingerprint density at radius 1 is 1.15 bits per heavy atom. The Bertz CT molecular complexity index is 1330. The molecule has 0 bridgehead atoms. The third-order valence-electron chi connectivity index (χ3n) is 6.12. The first-order valence-corrected chi connectivity index (χ1v) is 12.0. The van der Waals surface area contributed by atoms with Gasteiger partial charge in [0.05, 0.1) is 11.7 Å². The van der Waals surface area contributed by atoms with E-state index in [1.54, 1.807) is 0 Å². The van der Waals surface area contributed by atoms with Gasteiger partial charge in [0.15, 0.2) is 0 Å². The van der Waals surface area contributed by atoms with Crippen molar-refractivity contribution in [1.82, 2.24) is 19.8 Å². The number of carbonyl (C=O) groups excluding carboxylic acids is 1. The molecular weight excluding hydrogens is 432 g/mol. The first-order valence-electron chi connectivity index (χ1n) is 11.2. The molecule has 33 heavy (non-hydrogen) atoms. The van der Waals surface area contributed by atoms with Crippen molar-refractivity contribution in [3.05, 3.63) is 87.8 Å². The molecule has 0 spiro atoms. The summed E-state index contributed by atoms with van der Waals surface area (Å²) in [5.74, 6) is -0.156. The molecule has 4 aromatic rings. The molecule has 0 aliphatic carbocycles. The molecule has 1 N–H and O–H groups in total. The second-order valence-corrected chi connectivity index (χ2v) is 9.51. The van der Waals surface area contributed by atoms with Crippen LogP contribution < -0.4 is 10.9 Å². The van der Waals surface area contributed by atoms with E-state index in [0.29, 0.717) is 10.2 Å². The maximum atomic E-state index is 13.2. The number of benzene rings is 2. The van der Waals surface area contributed by atoms with Crippen molar-refractivity contribution in [2.75, 3.05) is 13.1 Å². The number of carbonyl (C=O) groups is 1. The van der Waals surface area contributed by atoms with Gasteiger partial charge in [-0.15, -0.1) is 11.3 Å². The molecular formula is C26H26N4O2S. The van der Waals surface area contributed by atoms with Crippen molar-refractivity contribution in [1.29, 1.82) is 0 Å². The predicted molar refractivity (Wildman–Crippen MR) is 132 cm³/mol. The Balaban J connectivity index is 1.27. The van der Waals surface area contributed by atoms with Gasteiger partial charge in [-0.25, -0.2) is 4.98 Å². The Labute approximate surface area is 196 Å². The number of fused-ring (bicyclic) bond motifs is 1. The van der Waals surface area contributed by atoms with Crippen LogP contribution in [0, 0.1) is 6.92 Å². The van der Waals surface area contributed by atoms with Crippen molar-refractivity contribution in [3.8, 4) is 11.1 Å². The first kappa shape index (κ1) is 21.6. The van der Waals surface area contributed by atoms with E-state index in [4.69, 9.17) is 0 Å². The zero-order valence-corrected chi connectivity index (χ0v) is 19.3. The third-order valence-corrected chi connectivity index (χ3v) is 7.01. The van der Waals surface area contributed by atoms with Gasteiger partial charge >= 0.3 is 0 Å². The SMILES string of the molecule is Cc1ccc(-c2csc3ncn(CC(=O)N[C@@H]4CCN(Cc5ccccc5)C4)c(=O)c23)cc1. The second-order valence-electron chi connectivity index (χ2n) is 8.65. The van der Waals surface area contributed by atoms with Gasteiger partial charge in [0.25, 0.3) is 5.56 Å². The molecule has 0 saturated carbocycles. The molecule has 2 aromatic carbocycles. The molecule has 5 rings (SSSR count). The molecule has 0 radical (unpaired) electrons. The van der Waals surface area contributed by atoms with Crippen molar-refractivity contribution < 1.29 is 4.79 Å². The molecule has 1 saturated heterocycles. The molecule has 168 valence electrons. The lowest BCUT2D eigenvalue weighted by atomic mass is 10.1. The van der Waals surface area contributed by atoms with Gasteiger partial charge in [0.1, 0.15) is 11.4 Å². The van der Waals surface area contributed by atoms with Gasteiger partial charge < -0.3 is 5.32 Å². The van der Waals surface area contributed by atoms with Crippen LogP contribution in [0.25, 0.3) is 21.3 Å². The Kier molecular flexibility index (Phi) is 6.07. The molecule has 1 aliphatic rings. The fourth-order valence-corrected chi connectivity index (χ4v) is 5.30. The van der Waals surface area contributed by atoms with E-state index in [9.17, 15) is 9.59 Å². The second kappa shape index (κ2) is 9.29. The van der Waals surface area contributed by atoms with Crippen LogP contribution in [0.15, 0.2) is 71.1 Å². The molecule has 2 aromatic heterocycles. The molecule has 1 fully saturated rings. The highest BCUT2D eigenvalue weighted by Gasteiger charge is 2.24. The summed E-state index contributed by atoms with van der Waals surface area (Å²) in [5, 5.41) is 5.64. The van der Waals surface area contributed by atoms with Crippen LogP contribution in [0.2, 0.25) is 0 Å². The molecule has 0 unspecified atom stereocenters. The monoisotopic (exact) mass is 458 g/mol. The molecule has 6 nitrogen and oxygen atoms in total. The standard InChI is InChI=1S/C26H26N4O2S/c1-18-7-9-20(10-8-18)22-16-33-25-24(22)26(32)30(17-27-25)15-23(31)28-21-11-12-29(14-21)13-19-5-3-2-4-6-19/h2-10,16-17,21H,11-15H2,1H3,(H,28,31)/t21-/m1/s1. The van der Waals surface area contributed by atoms with Crippen LogP contribution >= 0.6 is 11.3 Å². The minimum Gasteiger partial charge on any atom is -0.350 e. The number of aromatic nitrogens is 2. The molecule has 1 atom stereocenters. The van der Waals surface area contributed by atoms with Gasteiger partial charge in [-0.3, -0.25) is 19.1 Å². The van der Waals surface area contributed by atoms with E-state index in [2.05, 4.69) is 27.3 Å². The number of nitrogens with zero attached hydrogens (tertiary/aromatic N) is 3. The number of nitrogens with one attached hydrogen (secondary N) is 1. The van der Waals surface area contributed by atoms with Crippen LogP contribution in [0.5, 0.6) is 0 Å². The van der Waals surface area contributed by atoms with Gasteiger partial charge in [-0.05, 0) is 24.5 Å². The lowest BCUT2D eigenvalue weighted by Crippen LogP contribution is -2.40. The number of aryl methyl sites for hydroxylation is 1. The Morgan fingerprint density at radius 3 is 2.73 bits per heavy atom. The molecule has 3 heterocycles. The van der Waals surface area contributed by atoms with Gasteiger partial charge in [-0.1, -0.05) is 60.2 Å². The number of hydrogen-bond acceptors (Lipinski definition) is 5. The highest BCUT2D eigenvalue weighted by atomic mass is 32.1. The molecule has 7 heteroatoms. The smallest absolute Gasteiger partial charge is 0.263 e. The van der Waals surface area contributed by atoms with Crippen LogP contribution in [-0.4, -0.2) is 39.5 Å². The summed E-state index contributed by atoms with van der Waals surface area (Å²) < 4.78 is 1.42. The van der Waals surface area contributed by atoms with Gasteiger partial charge in [0.2, 0.25) is 5.91 Å². The minimum atomic E-state index is -0.177. The third kappa shape index (κ3) is 4.74. The normalized spacial score (nSPS) is 16.3. The predicted octanol–water partition coefficient (Wildman–Crippen LogP) is 3.82. The van der Waals surface area contributed by atoms with Crippen LogP contribution in [0.3, 0.4) is 0 Å². The largest absolute Gasteiger partial charge is 0.350 e. The zero-order chi connectivity index (χ0) is 22.8. The van der Waals surface area contributed by atoms with Crippen LogP contribution in [0.1, 0.15) is 17.5 Å². The topological polar surface area (TPSA) is 67.2 Å². The van der Waals surface area contributed by atoms with E-state index < -0.39 is 0 Å². The van der Waals surface area contributed by atoms with E-state index in [-0.39, 0.29) is 24.1 Å². The fraction of sp³-hybridized carbons (Fsp3) is 0.269. The fourth-order valence-electron chi connectivity index (χ4n) is 4.39. The highest BCUT2D eigenvalue weighted by molar-refractivity contribution is 7.17. The average molecular weight is 459 g/mol. The van der Waals surface area contributed by atoms with E-state index in [0.717, 1.165) is 37.2 Å². The maximum Gasteiger partial charge on any atom is 0.263 e. The molecule has 1 amide bonds. The number of rotatable bonds is 6. The van der Waals surface area contributed by atoms with Crippen molar-refractivity contribution in [2.45, 2.75) is 32.5 Å². The number of hydrogen-bond donors (Lipinski definition) is 1. The Hall–Kier alpha value is -3.29. The summed E-state index contributed by atoms with van der Waals surface area (Å²) in [4.78, 5) is 33.4. The summed E-state index contributed by atoms with van der Waals surface area (Å²) in [6.45, 7) is 4.65. The lowest BCUT2D eigenvalue weighted by Gasteiger charge is -2.17. The first-order chi connectivity index (χ1) is 16.1. The summed E-state index contributed by atoms with van der Waals surface area (Å²) in [6, 6.07) is 18.5. The maximum absolute atomic E-state index is 13.2. The number of thiophene rings is 1. The van der Waals surface area contributed by atoms with Crippen LogP contribution in [0.4, 0.5) is 0 Å². The average Bonchev–Trinajstić information content (AvgIpc) is 3.44. The number of likely N-dealkylation sites (tertiary alicyclic amines) is 1. The van der Waals surface area contributed by atoms with E-state index >= 15 is 0 Å². The molecule has 1 aliphatic heterocycles. The van der Waals surface area contributed by atoms with Crippen molar-refractivity contribution >= 4 is 27.5 Å². The minimum absolute atomic E-state index is 0.0276. The zero-order valence-electron chi connectivity index (χ0n) is 18.5. The van der Waals surface area contributed by atoms with Gasteiger partial charge in [-0.2, -0.15) is 0 Å². The summed E-state index contributed by atoms with van der Waals surface area (Å²) in [5.41, 5.74) is 4.12. The number of amides is 1. The van der Waals surface area contributed by atoms with E-state index in [1.807, 2.05) is 54.8 Å². The van der Waals surface area contributed by atoms with Crippen LogP contribution in [-0.2, 0) is 17.9 Å².